The molecule has 4 heavy (non-hydrogen) atoms. The summed E-state index contributed by atoms with van der Waals surface area (Å²) in [5.41, 5.74) is 0. The first-order valence-electron chi connectivity index (χ1n) is 0. The van der Waals surface area contributed by atoms with Crippen LogP contribution < -0.4 is 0 Å². The van der Waals surface area contributed by atoms with E-state index in [2.05, 4.69) is 0 Å². The Hall–Kier alpha value is 5.52. The van der Waals surface area contributed by atoms with Gasteiger partial charge >= 0.3 is 0 Å². The van der Waals surface area contributed by atoms with Crippen molar-refractivity contribution in [3.63, 3.8) is 0 Å². The number of hydrogen-bond acceptors (Lipinski definition) is 0. The molecule has 0 amide bonds. The van der Waals surface area contributed by atoms with Gasteiger partial charge in [-0.25, -0.2) is 0 Å². The predicted octanol–water partition coefficient (Wildman–Crippen LogP) is 0. The minimum Gasteiger partial charge on any atom is 0 e. The predicted molar refractivity (Wildman–Crippen MR) is 0 cm³/mol. The van der Waals surface area contributed by atoms with Crippen molar-refractivity contribution in [2.24, 2.45) is 0 Å². The maximum Gasteiger partial charge on any atom is 0 e. The van der Waals surface area contributed by atoms with Gasteiger partial charge in [0.05, 0.1) is 0 Å². The number of rotatable bonds is 0. The van der Waals surface area contributed by atoms with Gasteiger partial charge in [0.25, 0.3) is 0 Å². The van der Waals surface area contributed by atoms with Gasteiger partial charge in [-0.1, -0.05) is 0 Å². The van der Waals surface area contributed by atoms with Crippen LogP contribution in [0.3, 0.4) is 0 Å². The van der Waals surface area contributed by atoms with E-state index < -0.39 is 0 Å². The SMILES string of the molecule is [Nd].[Pr].[Tb].[Yb]. The maximum atomic E-state index is 0. The molecule has 0 heterocycles. The molecular weight excluding hydrogens is 617 g/mol. The molecule has 0 aromatic rings. The average Bonchev–Trinajstić information content (AvgIpc) is 0. The second kappa shape index (κ2) is 15.8. The molecule has 2 radical (unpaired) electrons. The Kier molecular flexibility index (Phi) is 89.7. The molecule has 0 saturated heterocycles. The van der Waals surface area contributed by atoms with Crippen molar-refractivity contribution in [1.82, 2.24) is 0 Å². The van der Waals surface area contributed by atoms with Crippen molar-refractivity contribution in [2.45, 2.75) is 0 Å². The molecule has 0 rings (SSSR count). The van der Waals surface area contributed by atoms with Gasteiger partial charge in [0.15, 0.2) is 0 Å². The summed E-state index contributed by atoms with van der Waals surface area (Å²) in [6, 6.07) is 0. The van der Waals surface area contributed by atoms with Gasteiger partial charge in [-0.3, -0.25) is 0 Å². The quantitative estimate of drug-likeness (QED) is 0.360. The molecule has 0 aromatic heterocycles. The first kappa shape index (κ1) is 22.7. The topological polar surface area (TPSA) is 0 Å². The van der Waals surface area contributed by atoms with Crippen molar-refractivity contribution in [3.05, 3.63) is 0 Å². The normalized spacial score (nSPS) is 0. The first-order chi connectivity index (χ1) is 0. The van der Waals surface area contributed by atoms with Crippen molar-refractivity contribution in [3.8, 4) is 0 Å². The van der Waals surface area contributed by atoms with Gasteiger partial charge in [0.1, 0.15) is 0 Å². The van der Waals surface area contributed by atoms with Crippen molar-refractivity contribution >= 4 is 0 Å². The van der Waals surface area contributed by atoms with E-state index in [4.69, 9.17) is 0 Å². The molecule has 0 aliphatic heterocycles. The van der Waals surface area contributed by atoms with E-state index in [1.54, 1.807) is 0 Å². The van der Waals surface area contributed by atoms with Crippen LogP contribution in [0, 0.1) is 168 Å². The Labute approximate surface area is 162 Å². The molecule has 0 bridgehead atoms. The summed E-state index contributed by atoms with van der Waals surface area (Å²) in [5, 5.41) is 0. The second-order valence-electron chi connectivity index (χ2n) is 0. The Bertz CT molecular complexity index is 8.00. The van der Waals surface area contributed by atoms with Crippen molar-refractivity contribution in [1.29, 1.82) is 0 Å². The summed E-state index contributed by atoms with van der Waals surface area (Å²) >= 11 is 0. The summed E-state index contributed by atoms with van der Waals surface area (Å²) in [6.07, 6.45) is 0. The van der Waals surface area contributed by atoms with Crippen LogP contribution in [0.5, 0.6) is 0 Å². The second-order valence-corrected chi connectivity index (χ2v) is 0. The van der Waals surface area contributed by atoms with E-state index >= 15 is 0 Å². The summed E-state index contributed by atoms with van der Waals surface area (Å²) in [6.45, 7) is 0. The number of hydrogen-bond donors (Lipinski definition) is 0. The monoisotopic (exact) mass is 616 g/mol. The van der Waals surface area contributed by atoms with E-state index in [1.807, 2.05) is 0 Å². The van der Waals surface area contributed by atoms with E-state index in [0.717, 1.165) is 0 Å². The van der Waals surface area contributed by atoms with Gasteiger partial charge in [0.2, 0.25) is 0 Å². The first-order valence-corrected chi connectivity index (χ1v) is 0. The minimum atomic E-state index is 0. The standard InChI is InChI=1S/Nd.Pr.Tb.Yb. The Balaban J connectivity index is 0. The molecule has 0 spiro atoms. The van der Waals surface area contributed by atoms with Crippen LogP contribution in [0.15, 0.2) is 0 Å². The van der Waals surface area contributed by atoms with Crippen LogP contribution in [0.1, 0.15) is 0 Å². The Morgan fingerprint density at radius 2 is 1.00 bits per heavy atom. The molecule has 0 aromatic carbocycles. The molecule has 30 valence electrons. The van der Waals surface area contributed by atoms with Crippen LogP contribution in [-0.2, 0) is 0 Å². The summed E-state index contributed by atoms with van der Waals surface area (Å²) < 4.78 is 0. The van der Waals surface area contributed by atoms with Gasteiger partial charge < -0.3 is 0 Å². The van der Waals surface area contributed by atoms with E-state index in [-0.39, 0.29) is 168 Å². The molecule has 0 N–H and O–H groups in total. The average molecular weight is 617 g/mol. The summed E-state index contributed by atoms with van der Waals surface area (Å²) in [7, 11) is 0. The largest absolute Gasteiger partial charge is 0 e. The fourth-order valence-electron chi connectivity index (χ4n) is 0. The van der Waals surface area contributed by atoms with Crippen LogP contribution in [0.4, 0.5) is 0 Å². The van der Waals surface area contributed by atoms with Crippen LogP contribution in [0.2, 0.25) is 0 Å². The zero-order valence-electron chi connectivity index (χ0n) is 1.68. The zero-order valence-corrected chi connectivity index (χ0v) is 12.4. The van der Waals surface area contributed by atoms with E-state index in [9.17, 15) is 0 Å². The van der Waals surface area contributed by atoms with Gasteiger partial charge in [-0.2, -0.15) is 0 Å². The summed E-state index contributed by atoms with van der Waals surface area (Å²) in [4.78, 5) is 0. The third kappa shape index (κ3) is 10.5. The van der Waals surface area contributed by atoms with E-state index in [1.165, 1.54) is 0 Å². The minimum absolute atomic E-state index is 0. The molecule has 0 nitrogen and oxygen atoms in total. The van der Waals surface area contributed by atoms with Gasteiger partial charge in [-0.15, -0.1) is 0 Å². The van der Waals surface area contributed by atoms with Crippen LogP contribution >= 0.6 is 0 Å². The fourth-order valence-corrected chi connectivity index (χ4v) is 0. The molecule has 0 saturated carbocycles. The summed E-state index contributed by atoms with van der Waals surface area (Å²) in [5.74, 6) is 0. The maximum absolute atomic E-state index is 0. The Morgan fingerprint density at radius 3 is 1.00 bits per heavy atom. The smallest absolute Gasteiger partial charge is 0 e. The molecule has 0 aliphatic rings. The van der Waals surface area contributed by atoms with Crippen molar-refractivity contribution in [2.75, 3.05) is 0 Å². The fraction of sp³-hybridized carbons (Fsp3) is 0. The molecule has 4 heteroatoms. The van der Waals surface area contributed by atoms with Gasteiger partial charge in [0, 0.05) is 168 Å². The third-order valence-corrected chi connectivity index (χ3v) is 0. The van der Waals surface area contributed by atoms with Crippen LogP contribution in [0.25, 0.3) is 0 Å². The molecule has 0 fully saturated rings. The van der Waals surface area contributed by atoms with Crippen molar-refractivity contribution < 1.29 is 168 Å². The molecule has 0 unspecified atom stereocenters. The van der Waals surface area contributed by atoms with E-state index in [0.29, 0.717) is 0 Å². The zero-order chi connectivity index (χ0) is 0. The van der Waals surface area contributed by atoms with Crippen LogP contribution in [-0.4, -0.2) is 0 Å². The Morgan fingerprint density at radius 1 is 1.00 bits per heavy atom. The molecule has 0 atom stereocenters. The molecule has 0 aliphatic carbocycles. The third-order valence-electron chi connectivity index (χ3n) is 0. The van der Waals surface area contributed by atoms with Gasteiger partial charge in [-0.05, 0) is 0 Å². The molecular formula is NdPrTbYb.